The van der Waals surface area contributed by atoms with Crippen LogP contribution in [0.25, 0.3) is 0 Å². The number of aromatic nitrogens is 2. The molecule has 22 heavy (non-hydrogen) atoms. The number of hydrogen-bond donors (Lipinski definition) is 1. The van der Waals surface area contributed by atoms with Crippen LogP contribution in [-0.4, -0.2) is 33.8 Å². The molecule has 1 aromatic heterocycles. The van der Waals surface area contributed by atoms with E-state index >= 15 is 0 Å². The van der Waals surface area contributed by atoms with Crippen LogP contribution < -0.4 is 5.32 Å². The number of cyclic esters (lactones) is 1. The normalized spacial score (nSPS) is 18.2. The third-order valence-corrected chi connectivity index (χ3v) is 3.59. The lowest BCUT2D eigenvalue weighted by atomic mass is 9.98. The second kappa shape index (κ2) is 6.01. The van der Waals surface area contributed by atoms with Gasteiger partial charge in [0.15, 0.2) is 6.10 Å². The average molecular weight is 299 g/mol. The van der Waals surface area contributed by atoms with E-state index in [9.17, 15) is 9.59 Å². The lowest BCUT2D eigenvalue weighted by molar-refractivity contribution is -0.131. The van der Waals surface area contributed by atoms with E-state index in [2.05, 4.69) is 10.4 Å². The topological polar surface area (TPSA) is 73.2 Å². The fraction of sp³-hybridized carbons (Fsp3) is 0.312. The van der Waals surface area contributed by atoms with Crippen LogP contribution in [0.4, 0.5) is 0 Å². The summed E-state index contributed by atoms with van der Waals surface area (Å²) in [6.45, 7) is 2.45. The van der Waals surface area contributed by atoms with Crippen molar-refractivity contribution in [1.29, 1.82) is 0 Å². The molecule has 0 fully saturated rings. The Labute approximate surface area is 128 Å². The van der Waals surface area contributed by atoms with E-state index < -0.39 is 12.1 Å². The summed E-state index contributed by atoms with van der Waals surface area (Å²) in [5, 5.41) is 6.96. The lowest BCUT2D eigenvalue weighted by Crippen LogP contribution is -2.46. The zero-order valence-corrected chi connectivity index (χ0v) is 12.2. The van der Waals surface area contributed by atoms with E-state index in [1.807, 2.05) is 31.3 Å². The van der Waals surface area contributed by atoms with Gasteiger partial charge in [-0.05, 0) is 24.6 Å². The van der Waals surface area contributed by atoms with Crippen molar-refractivity contribution in [2.45, 2.75) is 32.0 Å². The van der Waals surface area contributed by atoms with Crippen molar-refractivity contribution < 1.29 is 14.3 Å². The van der Waals surface area contributed by atoms with Crippen molar-refractivity contribution in [3.8, 4) is 0 Å². The van der Waals surface area contributed by atoms with Gasteiger partial charge in [-0.3, -0.25) is 9.48 Å². The minimum Gasteiger partial charge on any atom is -0.448 e. The molecular weight excluding hydrogens is 282 g/mol. The number of ether oxygens (including phenoxy) is 1. The second-order valence-corrected chi connectivity index (χ2v) is 5.39. The molecule has 1 N–H and O–H groups in total. The van der Waals surface area contributed by atoms with Gasteiger partial charge >= 0.3 is 5.97 Å². The number of amides is 1. The Morgan fingerprint density at radius 1 is 1.45 bits per heavy atom. The Bertz CT molecular complexity index is 682. The molecule has 0 aliphatic carbocycles. The van der Waals surface area contributed by atoms with Gasteiger partial charge in [-0.2, -0.15) is 5.10 Å². The predicted molar refractivity (Wildman–Crippen MR) is 79.2 cm³/mol. The summed E-state index contributed by atoms with van der Waals surface area (Å²) in [6.07, 6.45) is 3.15. The summed E-state index contributed by atoms with van der Waals surface area (Å²) < 4.78 is 6.98. The first kappa shape index (κ1) is 14.3. The molecule has 2 heterocycles. The molecule has 2 aromatic rings. The molecular formula is C16H17N3O3. The summed E-state index contributed by atoms with van der Waals surface area (Å²) in [4.78, 5) is 24.2. The van der Waals surface area contributed by atoms with Crippen molar-refractivity contribution in [2.75, 3.05) is 0 Å². The highest BCUT2D eigenvalue weighted by Gasteiger charge is 2.31. The lowest BCUT2D eigenvalue weighted by Gasteiger charge is -2.25. The number of esters is 1. The Morgan fingerprint density at radius 2 is 2.27 bits per heavy atom. The van der Waals surface area contributed by atoms with E-state index in [0.29, 0.717) is 18.5 Å². The standard InChI is InChI=1S/C16H17N3O3/c1-11(10-19-8-4-7-17-19)18-15(20)14-9-12-5-2-3-6-13(12)16(21)22-14/h2-8,11,14H,9-10H2,1H3,(H,18,20). The van der Waals surface area contributed by atoms with Gasteiger partial charge < -0.3 is 10.1 Å². The molecule has 1 amide bonds. The summed E-state index contributed by atoms with van der Waals surface area (Å²) in [5.41, 5.74) is 1.38. The Hall–Kier alpha value is -2.63. The van der Waals surface area contributed by atoms with E-state index in [4.69, 9.17) is 4.74 Å². The summed E-state index contributed by atoms with van der Waals surface area (Å²) in [5.74, 6) is -0.718. The molecule has 1 aliphatic heterocycles. The van der Waals surface area contributed by atoms with Crippen LogP contribution in [0.1, 0.15) is 22.8 Å². The van der Waals surface area contributed by atoms with Crippen molar-refractivity contribution in [3.05, 3.63) is 53.9 Å². The number of hydrogen-bond acceptors (Lipinski definition) is 4. The highest BCUT2D eigenvalue weighted by molar-refractivity contribution is 5.95. The first-order valence-electron chi connectivity index (χ1n) is 7.20. The number of carbonyl (C=O) groups excluding carboxylic acids is 2. The third kappa shape index (κ3) is 3.00. The van der Waals surface area contributed by atoms with Crippen LogP contribution in [0.3, 0.4) is 0 Å². The van der Waals surface area contributed by atoms with Gasteiger partial charge in [-0.25, -0.2) is 4.79 Å². The van der Waals surface area contributed by atoms with E-state index in [1.165, 1.54) is 0 Å². The van der Waals surface area contributed by atoms with Crippen molar-refractivity contribution in [3.63, 3.8) is 0 Å². The van der Waals surface area contributed by atoms with Gasteiger partial charge in [0.05, 0.1) is 12.1 Å². The van der Waals surface area contributed by atoms with Gasteiger partial charge in [-0.15, -0.1) is 0 Å². The number of rotatable bonds is 4. The van der Waals surface area contributed by atoms with Crippen molar-refractivity contribution in [2.24, 2.45) is 0 Å². The zero-order chi connectivity index (χ0) is 15.5. The van der Waals surface area contributed by atoms with Crippen LogP contribution in [0.15, 0.2) is 42.7 Å². The van der Waals surface area contributed by atoms with Crippen molar-refractivity contribution >= 4 is 11.9 Å². The summed E-state index contributed by atoms with van der Waals surface area (Å²) >= 11 is 0. The molecule has 2 atom stereocenters. The molecule has 0 saturated carbocycles. The fourth-order valence-electron chi connectivity index (χ4n) is 2.55. The quantitative estimate of drug-likeness (QED) is 0.860. The molecule has 0 spiro atoms. The van der Waals surface area contributed by atoms with E-state index in [-0.39, 0.29) is 11.9 Å². The SMILES string of the molecule is CC(Cn1cccn1)NC(=O)C1Cc2ccccc2C(=O)O1. The van der Waals surface area contributed by atoms with Gasteiger partial charge in [-0.1, -0.05) is 18.2 Å². The molecule has 2 unspecified atom stereocenters. The largest absolute Gasteiger partial charge is 0.448 e. The first-order valence-corrected chi connectivity index (χ1v) is 7.20. The molecule has 1 aromatic carbocycles. The number of nitrogens with one attached hydrogen (secondary N) is 1. The molecule has 6 heteroatoms. The number of benzene rings is 1. The summed E-state index contributed by atoms with van der Waals surface area (Å²) in [7, 11) is 0. The minimum atomic E-state index is -0.775. The average Bonchev–Trinajstić information content (AvgIpc) is 3.00. The first-order chi connectivity index (χ1) is 10.6. The Morgan fingerprint density at radius 3 is 3.05 bits per heavy atom. The van der Waals surface area contributed by atoms with E-state index in [1.54, 1.807) is 23.0 Å². The molecule has 6 nitrogen and oxygen atoms in total. The highest BCUT2D eigenvalue weighted by Crippen LogP contribution is 2.20. The molecule has 114 valence electrons. The Kier molecular flexibility index (Phi) is 3.91. The van der Waals surface area contributed by atoms with E-state index in [0.717, 1.165) is 5.56 Å². The minimum absolute atomic E-state index is 0.108. The Balaban J connectivity index is 1.62. The van der Waals surface area contributed by atoms with Gasteiger partial charge in [0.1, 0.15) is 0 Å². The smallest absolute Gasteiger partial charge is 0.339 e. The van der Waals surface area contributed by atoms with Crippen LogP contribution in [0.5, 0.6) is 0 Å². The maximum Gasteiger partial charge on any atom is 0.339 e. The highest BCUT2D eigenvalue weighted by atomic mass is 16.5. The second-order valence-electron chi connectivity index (χ2n) is 5.39. The summed E-state index contributed by atoms with van der Waals surface area (Å²) in [6, 6.07) is 8.92. The monoisotopic (exact) mass is 299 g/mol. The molecule has 0 bridgehead atoms. The number of carbonyl (C=O) groups is 2. The number of fused-ring (bicyclic) bond motifs is 1. The predicted octanol–water partition coefficient (Wildman–Crippen LogP) is 1.17. The van der Waals surface area contributed by atoms with Crippen LogP contribution >= 0.6 is 0 Å². The zero-order valence-electron chi connectivity index (χ0n) is 12.2. The number of nitrogens with zero attached hydrogens (tertiary/aromatic N) is 2. The maximum absolute atomic E-state index is 12.3. The molecule has 0 saturated heterocycles. The van der Waals surface area contributed by atoms with Gasteiger partial charge in [0, 0.05) is 24.9 Å². The van der Waals surface area contributed by atoms with Crippen LogP contribution in [0.2, 0.25) is 0 Å². The van der Waals surface area contributed by atoms with Gasteiger partial charge in [0.2, 0.25) is 0 Å². The molecule has 0 radical (unpaired) electrons. The molecule has 3 rings (SSSR count). The third-order valence-electron chi connectivity index (χ3n) is 3.59. The van der Waals surface area contributed by atoms with Crippen LogP contribution in [-0.2, 0) is 22.5 Å². The van der Waals surface area contributed by atoms with Gasteiger partial charge in [0.25, 0.3) is 5.91 Å². The van der Waals surface area contributed by atoms with Crippen molar-refractivity contribution in [1.82, 2.24) is 15.1 Å². The maximum atomic E-state index is 12.3. The fourth-order valence-corrected chi connectivity index (χ4v) is 2.55. The van der Waals surface area contributed by atoms with Crippen LogP contribution in [0, 0.1) is 0 Å². The molecule has 1 aliphatic rings.